The third kappa shape index (κ3) is 5.47. The number of amides is 1. The van der Waals surface area contributed by atoms with E-state index in [1.807, 2.05) is 18.2 Å². The zero-order valence-corrected chi connectivity index (χ0v) is 14.6. The summed E-state index contributed by atoms with van der Waals surface area (Å²) in [5.41, 5.74) is 0.0290. The van der Waals surface area contributed by atoms with Crippen LogP contribution >= 0.6 is 0 Å². The van der Waals surface area contributed by atoms with E-state index in [0.29, 0.717) is 32.8 Å². The van der Waals surface area contributed by atoms with Gasteiger partial charge in [0.05, 0.1) is 25.5 Å². The Hall–Kier alpha value is -1.54. The van der Waals surface area contributed by atoms with Gasteiger partial charge in [-0.2, -0.15) is 0 Å². The molecule has 0 saturated carbocycles. The van der Waals surface area contributed by atoms with E-state index >= 15 is 0 Å². The zero-order chi connectivity index (χ0) is 17.5. The van der Waals surface area contributed by atoms with E-state index in [9.17, 15) is 9.90 Å². The molecule has 7 heteroatoms. The second-order valence-corrected chi connectivity index (χ2v) is 7.04. The van der Waals surface area contributed by atoms with Gasteiger partial charge < -0.3 is 25.4 Å². The highest BCUT2D eigenvalue weighted by molar-refractivity contribution is 5.78. The third-order valence-electron chi connectivity index (χ3n) is 4.89. The number of piperidine rings is 1. The Balaban J connectivity index is 1.41. The van der Waals surface area contributed by atoms with Crippen molar-refractivity contribution < 1.29 is 14.6 Å². The Morgan fingerprint density at radius 1 is 1.44 bits per heavy atom. The van der Waals surface area contributed by atoms with Gasteiger partial charge in [-0.05, 0) is 38.1 Å². The SMILES string of the molecule is O=C(NCc1ccccn1)C1CCN(C[C@@]2(O)CNCCOC2)CC1. The van der Waals surface area contributed by atoms with Crippen LogP contribution in [0.4, 0.5) is 0 Å². The van der Waals surface area contributed by atoms with Gasteiger partial charge in [0.25, 0.3) is 0 Å². The van der Waals surface area contributed by atoms with Crippen LogP contribution in [-0.2, 0) is 16.1 Å². The lowest BCUT2D eigenvalue weighted by Gasteiger charge is -2.37. The molecule has 0 aromatic carbocycles. The van der Waals surface area contributed by atoms with Crippen molar-refractivity contribution in [1.29, 1.82) is 0 Å². The Labute approximate surface area is 148 Å². The number of carbonyl (C=O) groups is 1. The van der Waals surface area contributed by atoms with Crippen molar-refractivity contribution >= 4 is 5.91 Å². The summed E-state index contributed by atoms with van der Waals surface area (Å²) in [6.45, 7) is 5.04. The molecule has 138 valence electrons. The number of rotatable bonds is 5. The molecule has 3 N–H and O–H groups in total. The highest BCUT2D eigenvalue weighted by Gasteiger charge is 2.33. The monoisotopic (exact) mass is 348 g/mol. The molecule has 3 heterocycles. The number of carbonyl (C=O) groups excluding carboxylic acids is 1. The van der Waals surface area contributed by atoms with Gasteiger partial charge in [0, 0.05) is 31.7 Å². The second-order valence-electron chi connectivity index (χ2n) is 7.04. The molecule has 0 aliphatic carbocycles. The number of aliphatic hydroxyl groups is 1. The lowest BCUT2D eigenvalue weighted by Crippen LogP contribution is -2.53. The number of β-amino-alcohol motifs (C(OH)–C–C–N with tert-alkyl or cyclic N) is 1. The fourth-order valence-corrected chi connectivity index (χ4v) is 3.47. The average Bonchev–Trinajstić information content (AvgIpc) is 2.85. The van der Waals surface area contributed by atoms with Crippen LogP contribution in [0.1, 0.15) is 18.5 Å². The van der Waals surface area contributed by atoms with Crippen molar-refractivity contribution in [3.63, 3.8) is 0 Å². The smallest absolute Gasteiger partial charge is 0.223 e. The number of likely N-dealkylation sites (tertiary alicyclic amines) is 1. The Kier molecular flexibility index (Phi) is 6.36. The van der Waals surface area contributed by atoms with Gasteiger partial charge in [-0.15, -0.1) is 0 Å². The van der Waals surface area contributed by atoms with Crippen LogP contribution in [0.3, 0.4) is 0 Å². The standard InChI is InChI=1S/C18H28N4O3/c23-17(21-11-16-3-1-2-6-20-16)15-4-8-22(9-5-15)13-18(24)12-19-7-10-25-14-18/h1-3,6,15,19,24H,4-5,7-14H2,(H,21,23)/t18-/m0/s1. The summed E-state index contributed by atoms with van der Waals surface area (Å²) >= 11 is 0. The lowest BCUT2D eigenvalue weighted by atomic mass is 9.94. The van der Waals surface area contributed by atoms with Crippen molar-refractivity contribution in [3.05, 3.63) is 30.1 Å². The van der Waals surface area contributed by atoms with Crippen molar-refractivity contribution in [2.45, 2.75) is 25.0 Å². The quantitative estimate of drug-likeness (QED) is 0.681. The molecular formula is C18H28N4O3. The molecule has 1 aromatic heterocycles. The molecule has 1 aromatic rings. The van der Waals surface area contributed by atoms with Gasteiger partial charge in [-0.1, -0.05) is 6.07 Å². The van der Waals surface area contributed by atoms with Crippen LogP contribution in [-0.4, -0.2) is 72.4 Å². The van der Waals surface area contributed by atoms with Gasteiger partial charge in [0.2, 0.25) is 5.91 Å². The van der Waals surface area contributed by atoms with Gasteiger partial charge in [-0.3, -0.25) is 9.78 Å². The molecule has 0 unspecified atom stereocenters. The molecule has 0 bridgehead atoms. The second kappa shape index (κ2) is 8.71. The molecule has 2 aliphatic heterocycles. The van der Waals surface area contributed by atoms with Crippen LogP contribution in [0.25, 0.3) is 0 Å². The summed E-state index contributed by atoms with van der Waals surface area (Å²) in [6.07, 6.45) is 3.37. The number of hydrogen-bond donors (Lipinski definition) is 3. The van der Waals surface area contributed by atoms with Gasteiger partial charge in [-0.25, -0.2) is 0 Å². The molecule has 1 amide bonds. The van der Waals surface area contributed by atoms with Crippen LogP contribution < -0.4 is 10.6 Å². The predicted molar refractivity (Wildman–Crippen MR) is 93.9 cm³/mol. The van der Waals surface area contributed by atoms with E-state index in [4.69, 9.17) is 4.74 Å². The Morgan fingerprint density at radius 2 is 2.28 bits per heavy atom. The summed E-state index contributed by atoms with van der Waals surface area (Å²) in [5.74, 6) is 0.140. The van der Waals surface area contributed by atoms with Gasteiger partial charge >= 0.3 is 0 Å². The summed E-state index contributed by atoms with van der Waals surface area (Å²) < 4.78 is 5.48. The first-order valence-electron chi connectivity index (χ1n) is 9.05. The van der Waals surface area contributed by atoms with Crippen LogP contribution in [0.2, 0.25) is 0 Å². The normalized spacial score (nSPS) is 26.1. The van der Waals surface area contributed by atoms with E-state index in [1.54, 1.807) is 6.20 Å². The number of aromatic nitrogens is 1. The highest BCUT2D eigenvalue weighted by Crippen LogP contribution is 2.20. The predicted octanol–water partition coefficient (Wildman–Crippen LogP) is -0.239. The number of hydrogen-bond acceptors (Lipinski definition) is 6. The third-order valence-corrected chi connectivity index (χ3v) is 4.89. The van der Waals surface area contributed by atoms with Crippen LogP contribution in [0, 0.1) is 5.92 Å². The maximum Gasteiger partial charge on any atom is 0.223 e. The minimum Gasteiger partial charge on any atom is -0.385 e. The summed E-state index contributed by atoms with van der Waals surface area (Å²) in [5, 5.41) is 16.9. The van der Waals surface area contributed by atoms with Crippen molar-refractivity contribution in [3.8, 4) is 0 Å². The highest BCUT2D eigenvalue weighted by atomic mass is 16.5. The van der Waals surface area contributed by atoms with E-state index in [2.05, 4.69) is 20.5 Å². The lowest BCUT2D eigenvalue weighted by molar-refractivity contribution is -0.127. The average molecular weight is 348 g/mol. The number of nitrogens with one attached hydrogen (secondary N) is 2. The molecule has 2 saturated heterocycles. The largest absolute Gasteiger partial charge is 0.385 e. The maximum absolute atomic E-state index is 12.3. The van der Waals surface area contributed by atoms with Gasteiger partial charge in [0.15, 0.2) is 0 Å². The van der Waals surface area contributed by atoms with Crippen LogP contribution in [0.5, 0.6) is 0 Å². The van der Waals surface area contributed by atoms with E-state index in [-0.39, 0.29) is 11.8 Å². The molecule has 2 fully saturated rings. The maximum atomic E-state index is 12.3. The number of nitrogens with zero attached hydrogens (tertiary/aromatic N) is 2. The minimum absolute atomic E-state index is 0.0399. The molecular weight excluding hydrogens is 320 g/mol. The fourth-order valence-electron chi connectivity index (χ4n) is 3.47. The first-order chi connectivity index (χ1) is 12.1. The van der Waals surface area contributed by atoms with E-state index < -0.39 is 5.60 Å². The van der Waals surface area contributed by atoms with Crippen molar-refractivity contribution in [2.75, 3.05) is 45.9 Å². The van der Waals surface area contributed by atoms with Crippen molar-refractivity contribution in [2.24, 2.45) is 5.92 Å². The molecule has 25 heavy (non-hydrogen) atoms. The molecule has 1 atom stereocenters. The van der Waals surface area contributed by atoms with Crippen molar-refractivity contribution in [1.82, 2.24) is 20.5 Å². The molecule has 0 radical (unpaired) electrons. The molecule has 0 spiro atoms. The molecule has 2 aliphatic rings. The van der Waals surface area contributed by atoms with E-state index in [1.165, 1.54) is 0 Å². The number of ether oxygens (including phenoxy) is 1. The number of pyridine rings is 1. The van der Waals surface area contributed by atoms with Gasteiger partial charge in [0.1, 0.15) is 5.60 Å². The Morgan fingerprint density at radius 3 is 3.04 bits per heavy atom. The summed E-state index contributed by atoms with van der Waals surface area (Å²) in [6, 6.07) is 5.69. The molecule has 3 rings (SSSR count). The zero-order valence-electron chi connectivity index (χ0n) is 14.6. The molecule has 7 nitrogen and oxygen atoms in total. The first-order valence-corrected chi connectivity index (χ1v) is 9.05. The van der Waals surface area contributed by atoms with E-state index in [0.717, 1.165) is 38.2 Å². The summed E-state index contributed by atoms with van der Waals surface area (Å²) in [7, 11) is 0. The topological polar surface area (TPSA) is 86.7 Å². The minimum atomic E-state index is -0.843. The first kappa shape index (κ1) is 18.3. The Bertz CT molecular complexity index is 539. The van der Waals surface area contributed by atoms with Crippen LogP contribution in [0.15, 0.2) is 24.4 Å². The summed E-state index contributed by atoms with van der Waals surface area (Å²) in [4.78, 5) is 18.8. The fraction of sp³-hybridized carbons (Fsp3) is 0.667.